The lowest BCUT2D eigenvalue weighted by atomic mass is 10.2. The smallest absolute Gasteiger partial charge is 0.318 e. The number of nitrogens with one attached hydrogen (secondary N) is 2. The van der Waals surface area contributed by atoms with E-state index in [1.165, 1.54) is 24.3 Å². The number of benzene rings is 2. The molecule has 0 spiro atoms. The Balaban J connectivity index is 2.05. The molecule has 2 aromatic rings. The lowest BCUT2D eigenvalue weighted by Gasteiger charge is -2.11. The zero-order chi connectivity index (χ0) is 20.9. The van der Waals surface area contributed by atoms with Gasteiger partial charge in [-0.1, -0.05) is 23.7 Å². The Kier molecular flexibility index (Phi) is 6.31. The van der Waals surface area contributed by atoms with Gasteiger partial charge in [0.25, 0.3) is 5.69 Å². The highest BCUT2D eigenvalue weighted by Crippen LogP contribution is 2.36. The van der Waals surface area contributed by atoms with Gasteiger partial charge in [-0.2, -0.15) is 18.3 Å². The average Bonchev–Trinajstić information content (AvgIpc) is 2.62. The van der Waals surface area contributed by atoms with Crippen LogP contribution >= 0.6 is 11.6 Å². The second-order valence-electron chi connectivity index (χ2n) is 5.16. The first-order chi connectivity index (χ1) is 13.1. The highest BCUT2D eigenvalue weighted by Gasteiger charge is 2.33. The van der Waals surface area contributed by atoms with Crippen molar-refractivity contribution >= 4 is 41.0 Å². The molecule has 2 rings (SSSR count). The summed E-state index contributed by atoms with van der Waals surface area (Å²) in [6.07, 6.45) is -3.79. The number of hydrogen-bond acceptors (Lipinski definition) is 5. The fourth-order valence-electron chi connectivity index (χ4n) is 1.98. The monoisotopic (exact) mass is 414 g/mol. The highest BCUT2D eigenvalue weighted by atomic mass is 35.5. The van der Waals surface area contributed by atoms with Crippen LogP contribution in [0.5, 0.6) is 0 Å². The van der Waals surface area contributed by atoms with Gasteiger partial charge < -0.3 is 5.32 Å². The van der Waals surface area contributed by atoms with Gasteiger partial charge >= 0.3 is 18.0 Å². The number of hydrogen-bond donors (Lipinski definition) is 2. The zero-order valence-electron chi connectivity index (χ0n) is 13.7. The number of nitrogens with zero attached hydrogens (tertiary/aromatic N) is 2. The van der Waals surface area contributed by atoms with Crippen molar-refractivity contribution in [3.63, 3.8) is 0 Å². The molecule has 12 heteroatoms. The molecule has 0 saturated heterocycles. The van der Waals surface area contributed by atoms with Crippen molar-refractivity contribution < 1.29 is 27.7 Å². The van der Waals surface area contributed by atoms with Crippen LogP contribution in [0.1, 0.15) is 11.1 Å². The molecular weight excluding hydrogens is 405 g/mol. The van der Waals surface area contributed by atoms with E-state index in [-0.39, 0.29) is 16.9 Å². The zero-order valence-corrected chi connectivity index (χ0v) is 14.4. The van der Waals surface area contributed by atoms with E-state index in [9.17, 15) is 32.9 Å². The molecule has 8 nitrogen and oxygen atoms in total. The molecule has 2 N–H and O–H groups in total. The highest BCUT2D eigenvalue weighted by molar-refractivity contribution is 6.39. The van der Waals surface area contributed by atoms with Crippen LogP contribution in [0.15, 0.2) is 47.6 Å². The Hall–Kier alpha value is -3.47. The molecule has 0 bridgehead atoms. The van der Waals surface area contributed by atoms with E-state index in [1.807, 2.05) is 10.7 Å². The van der Waals surface area contributed by atoms with Crippen LogP contribution in [0.2, 0.25) is 5.02 Å². The number of halogens is 4. The molecule has 0 saturated carbocycles. The molecule has 2 amide bonds. The van der Waals surface area contributed by atoms with Crippen molar-refractivity contribution in [2.45, 2.75) is 6.18 Å². The number of carbonyl (C=O) groups excluding carboxylic acids is 2. The summed E-state index contributed by atoms with van der Waals surface area (Å²) in [6.45, 7) is 0. The SMILES string of the molecule is O=C(N/N=C\c1ccccc1[N+](=O)[O-])C(=O)Nc1ccc(Cl)c(C(F)(F)F)c1. The second kappa shape index (κ2) is 8.48. The van der Waals surface area contributed by atoms with Crippen molar-refractivity contribution in [2.75, 3.05) is 5.32 Å². The quantitative estimate of drug-likeness (QED) is 0.345. The third-order valence-electron chi connectivity index (χ3n) is 3.24. The van der Waals surface area contributed by atoms with Gasteiger partial charge in [0.2, 0.25) is 0 Å². The maximum atomic E-state index is 12.8. The summed E-state index contributed by atoms with van der Waals surface area (Å²) in [5.74, 6) is -2.59. The van der Waals surface area contributed by atoms with Crippen molar-refractivity contribution in [2.24, 2.45) is 5.10 Å². The second-order valence-corrected chi connectivity index (χ2v) is 5.57. The third-order valence-corrected chi connectivity index (χ3v) is 3.57. The van der Waals surface area contributed by atoms with E-state index in [0.29, 0.717) is 6.07 Å². The summed E-state index contributed by atoms with van der Waals surface area (Å²) >= 11 is 5.46. The van der Waals surface area contributed by atoms with Crippen molar-refractivity contribution in [1.82, 2.24) is 5.43 Å². The van der Waals surface area contributed by atoms with Crippen LogP contribution < -0.4 is 10.7 Å². The molecule has 146 valence electrons. The number of amides is 2. The number of nitro benzene ring substituents is 1. The number of rotatable bonds is 4. The number of nitro groups is 1. The Morgan fingerprint density at radius 2 is 1.82 bits per heavy atom. The van der Waals surface area contributed by atoms with Crippen molar-refractivity contribution in [3.05, 3.63) is 68.7 Å². The summed E-state index contributed by atoms with van der Waals surface area (Å²) in [6, 6.07) is 8.09. The van der Waals surface area contributed by atoms with Crippen molar-refractivity contribution in [3.8, 4) is 0 Å². The normalized spacial score (nSPS) is 11.3. The average molecular weight is 415 g/mol. The van der Waals surface area contributed by atoms with Gasteiger partial charge in [0.1, 0.15) is 0 Å². The van der Waals surface area contributed by atoms with Gasteiger partial charge in [-0.05, 0) is 24.3 Å². The first-order valence-corrected chi connectivity index (χ1v) is 7.72. The molecule has 0 unspecified atom stereocenters. The standard InChI is InChI=1S/C16H10ClF3N4O4/c17-12-6-5-10(7-11(12)16(18,19)20)22-14(25)15(26)23-21-8-9-3-1-2-4-13(9)24(27)28/h1-8H,(H,22,25)(H,23,26)/b21-8-. The number of hydrazone groups is 1. The van der Waals surface area contributed by atoms with E-state index in [2.05, 4.69) is 5.10 Å². The lowest BCUT2D eigenvalue weighted by Crippen LogP contribution is -2.32. The lowest BCUT2D eigenvalue weighted by molar-refractivity contribution is -0.385. The molecule has 2 aromatic carbocycles. The maximum absolute atomic E-state index is 12.8. The van der Waals surface area contributed by atoms with Crippen LogP contribution in [0.25, 0.3) is 0 Å². The summed E-state index contributed by atoms with van der Waals surface area (Å²) in [5.41, 5.74) is 0.134. The molecule has 0 aromatic heterocycles. The molecule has 0 atom stereocenters. The van der Waals surface area contributed by atoms with Crippen LogP contribution in [0.4, 0.5) is 24.5 Å². The summed E-state index contributed by atoms with van der Waals surface area (Å²) in [5, 5.41) is 15.7. The van der Waals surface area contributed by atoms with E-state index in [4.69, 9.17) is 11.6 Å². The first kappa shape index (κ1) is 20.8. The molecule has 0 radical (unpaired) electrons. The Morgan fingerprint density at radius 3 is 2.46 bits per heavy atom. The summed E-state index contributed by atoms with van der Waals surface area (Å²) in [7, 11) is 0. The molecule has 0 heterocycles. The molecule has 0 aliphatic rings. The van der Waals surface area contributed by atoms with E-state index in [1.54, 1.807) is 0 Å². The van der Waals surface area contributed by atoms with E-state index >= 15 is 0 Å². The van der Waals surface area contributed by atoms with Gasteiger partial charge in [0.15, 0.2) is 0 Å². The van der Waals surface area contributed by atoms with Gasteiger partial charge in [0.05, 0.1) is 27.3 Å². The minimum absolute atomic E-state index is 0.0701. The molecule has 0 aliphatic heterocycles. The summed E-state index contributed by atoms with van der Waals surface area (Å²) < 4.78 is 38.4. The number of carbonyl (C=O) groups is 2. The minimum atomic E-state index is -4.74. The van der Waals surface area contributed by atoms with Gasteiger partial charge in [0, 0.05) is 11.8 Å². The van der Waals surface area contributed by atoms with Crippen molar-refractivity contribution in [1.29, 1.82) is 0 Å². The van der Waals surface area contributed by atoms with Crippen LogP contribution in [-0.2, 0) is 15.8 Å². The first-order valence-electron chi connectivity index (χ1n) is 7.34. The predicted molar refractivity (Wildman–Crippen MR) is 93.9 cm³/mol. The van der Waals surface area contributed by atoms with Gasteiger partial charge in [-0.15, -0.1) is 0 Å². The largest absolute Gasteiger partial charge is 0.417 e. The fraction of sp³-hybridized carbons (Fsp3) is 0.0625. The molecule has 28 heavy (non-hydrogen) atoms. The number of para-hydroxylation sites is 1. The van der Waals surface area contributed by atoms with Crippen LogP contribution in [-0.4, -0.2) is 23.0 Å². The van der Waals surface area contributed by atoms with Crippen LogP contribution in [0.3, 0.4) is 0 Å². The van der Waals surface area contributed by atoms with E-state index in [0.717, 1.165) is 18.3 Å². The Labute approximate surface area is 160 Å². The molecule has 0 aliphatic carbocycles. The Bertz CT molecular complexity index is 963. The predicted octanol–water partition coefficient (Wildman–Crippen LogP) is 3.36. The third kappa shape index (κ3) is 5.27. The Morgan fingerprint density at radius 1 is 1.14 bits per heavy atom. The minimum Gasteiger partial charge on any atom is -0.318 e. The number of anilines is 1. The molecule has 0 fully saturated rings. The topological polar surface area (TPSA) is 114 Å². The van der Waals surface area contributed by atoms with Crippen LogP contribution in [0, 0.1) is 10.1 Å². The van der Waals surface area contributed by atoms with Gasteiger partial charge in [-0.25, -0.2) is 5.43 Å². The van der Waals surface area contributed by atoms with Gasteiger partial charge in [-0.3, -0.25) is 19.7 Å². The fourth-order valence-corrected chi connectivity index (χ4v) is 2.21. The number of alkyl halides is 3. The molecular formula is C16H10ClF3N4O4. The maximum Gasteiger partial charge on any atom is 0.417 e. The summed E-state index contributed by atoms with van der Waals surface area (Å²) in [4.78, 5) is 33.6. The van der Waals surface area contributed by atoms with E-state index < -0.39 is 33.5 Å².